The number of aromatic nitrogens is 1. The summed E-state index contributed by atoms with van der Waals surface area (Å²) in [6.45, 7) is 8.12. The van der Waals surface area contributed by atoms with Crippen molar-refractivity contribution in [2.24, 2.45) is 0 Å². The third-order valence-electron chi connectivity index (χ3n) is 8.97. The molecule has 54 heavy (non-hydrogen) atoms. The summed E-state index contributed by atoms with van der Waals surface area (Å²) in [7, 11) is 0. The van der Waals surface area contributed by atoms with Crippen LogP contribution in [-0.4, -0.2) is 59.3 Å². The number of hydrogen-bond acceptors (Lipinski definition) is 7. The summed E-state index contributed by atoms with van der Waals surface area (Å²) in [6, 6.07) is 30.6. The molecular weight excluding hydrogens is 789 g/mol. The second-order valence-electron chi connectivity index (χ2n) is 12.9. The van der Waals surface area contributed by atoms with Crippen molar-refractivity contribution in [3.63, 3.8) is 0 Å². The molecule has 0 bridgehead atoms. The zero-order valence-corrected chi connectivity index (χ0v) is 33.4. The zero-order valence-electron chi connectivity index (χ0n) is 30.2. The smallest absolute Gasteiger partial charge is 0.246 e. The van der Waals surface area contributed by atoms with Crippen LogP contribution in [0.25, 0.3) is 6.08 Å². The molecule has 11 heteroatoms. The second-order valence-corrected chi connectivity index (χ2v) is 13.7. The van der Waals surface area contributed by atoms with Crippen molar-refractivity contribution in [3.05, 3.63) is 153 Å². The predicted octanol–water partition coefficient (Wildman–Crippen LogP) is 9.83. The summed E-state index contributed by atoms with van der Waals surface area (Å²) in [5, 5.41) is 1.07. The first-order valence-corrected chi connectivity index (χ1v) is 18.3. The molecular formula is C43H42BrCl2N3O5. The molecule has 6 rings (SSSR count). The van der Waals surface area contributed by atoms with E-state index >= 15 is 0 Å². The van der Waals surface area contributed by atoms with Crippen LogP contribution in [0.1, 0.15) is 45.1 Å². The Morgan fingerprint density at radius 1 is 0.815 bits per heavy atom. The van der Waals surface area contributed by atoms with Gasteiger partial charge in [-0.15, -0.1) is 17.0 Å². The number of benzene rings is 4. The van der Waals surface area contributed by atoms with Crippen molar-refractivity contribution in [1.82, 2.24) is 14.8 Å². The first kappa shape index (κ1) is 40.5. The molecule has 1 fully saturated rings. The van der Waals surface area contributed by atoms with E-state index in [4.69, 9.17) is 37.4 Å². The molecule has 280 valence electrons. The number of halogens is 3. The lowest BCUT2D eigenvalue weighted by molar-refractivity contribution is -0.127. The molecule has 0 N–H and O–H groups in total. The van der Waals surface area contributed by atoms with Crippen LogP contribution < -0.4 is 14.2 Å². The number of nitrogens with zero attached hydrogens (tertiary/aromatic N) is 3. The van der Waals surface area contributed by atoms with Gasteiger partial charge in [0.1, 0.15) is 18.1 Å². The van der Waals surface area contributed by atoms with Crippen molar-refractivity contribution >= 4 is 57.9 Å². The predicted molar refractivity (Wildman–Crippen MR) is 220 cm³/mol. The van der Waals surface area contributed by atoms with Crippen molar-refractivity contribution in [2.75, 3.05) is 32.8 Å². The monoisotopic (exact) mass is 829 g/mol. The molecule has 2 heterocycles. The normalized spacial score (nSPS) is 13.0. The highest BCUT2D eigenvalue weighted by Gasteiger charge is 2.20. The molecule has 0 aliphatic carbocycles. The first-order valence-electron chi connectivity index (χ1n) is 17.5. The summed E-state index contributed by atoms with van der Waals surface area (Å²) in [5.41, 5.74) is 5.63. The van der Waals surface area contributed by atoms with Gasteiger partial charge in [0.15, 0.2) is 11.5 Å². The first-order chi connectivity index (χ1) is 25.7. The number of amides is 1. The Labute approximate surface area is 337 Å². The Balaban J connectivity index is 0.00000561. The van der Waals surface area contributed by atoms with Crippen molar-refractivity contribution < 1.29 is 23.8 Å². The summed E-state index contributed by atoms with van der Waals surface area (Å²) in [5.74, 6) is 2.25. The van der Waals surface area contributed by atoms with E-state index in [1.165, 1.54) is 11.1 Å². The van der Waals surface area contributed by atoms with Crippen molar-refractivity contribution in [3.8, 4) is 23.1 Å². The topological polar surface area (TPSA) is 81.2 Å². The molecule has 8 nitrogen and oxygen atoms in total. The quantitative estimate of drug-likeness (QED) is 0.0815. The maximum absolute atomic E-state index is 13.1. The van der Waals surface area contributed by atoms with Crippen molar-refractivity contribution in [2.45, 2.75) is 33.4 Å². The van der Waals surface area contributed by atoms with E-state index < -0.39 is 0 Å². The largest absolute Gasteiger partial charge is 0.493 e. The number of hydrogen-bond donors (Lipinski definition) is 0. The van der Waals surface area contributed by atoms with E-state index in [1.54, 1.807) is 55.6 Å². The van der Waals surface area contributed by atoms with E-state index in [2.05, 4.69) is 34.1 Å². The van der Waals surface area contributed by atoms with Crippen LogP contribution >= 0.6 is 40.2 Å². The second kappa shape index (κ2) is 19.6. The van der Waals surface area contributed by atoms with E-state index in [9.17, 15) is 9.59 Å². The van der Waals surface area contributed by atoms with Gasteiger partial charge in [-0.2, -0.15) is 0 Å². The fraction of sp³-hybridized carbons (Fsp3) is 0.233. The molecule has 0 spiro atoms. The minimum absolute atomic E-state index is 0. The lowest BCUT2D eigenvalue weighted by Gasteiger charge is -2.34. The molecule has 1 aliphatic heterocycles. The van der Waals surface area contributed by atoms with E-state index in [0.29, 0.717) is 59.3 Å². The van der Waals surface area contributed by atoms with Gasteiger partial charge in [0, 0.05) is 67.4 Å². The molecule has 0 radical (unpaired) electrons. The van der Waals surface area contributed by atoms with Crippen LogP contribution in [0.3, 0.4) is 0 Å². The number of aryl methyl sites for hydroxylation is 1. The van der Waals surface area contributed by atoms with Gasteiger partial charge in [0.05, 0.1) is 17.8 Å². The SMILES string of the molecule is Br.CC(=O)c1ccc(OCCc2ccc(CN3CCN(C(=O)/C=C/c4cc(C)c(Oc5ccc(OCc6ccccc6Cl)cn5)c(Cl)c4)CC3)cc2)cc1. The zero-order chi connectivity index (χ0) is 37.2. The van der Waals surface area contributed by atoms with Gasteiger partial charge in [0.2, 0.25) is 11.8 Å². The number of carbonyl (C=O) groups excluding carboxylic acids is 2. The number of carbonyl (C=O) groups is 2. The molecule has 0 atom stereocenters. The Kier molecular flexibility index (Phi) is 14.7. The highest BCUT2D eigenvalue weighted by molar-refractivity contribution is 8.93. The van der Waals surface area contributed by atoms with Gasteiger partial charge in [-0.1, -0.05) is 65.7 Å². The van der Waals surface area contributed by atoms with Gasteiger partial charge < -0.3 is 19.1 Å². The Bertz CT molecular complexity index is 2030. The van der Waals surface area contributed by atoms with Gasteiger partial charge in [-0.3, -0.25) is 14.5 Å². The van der Waals surface area contributed by atoms with Crippen molar-refractivity contribution in [1.29, 1.82) is 0 Å². The fourth-order valence-electron chi connectivity index (χ4n) is 5.92. The summed E-state index contributed by atoms with van der Waals surface area (Å²) in [4.78, 5) is 33.1. The van der Waals surface area contributed by atoms with Gasteiger partial charge in [0.25, 0.3) is 0 Å². The van der Waals surface area contributed by atoms with E-state index in [0.717, 1.165) is 48.5 Å². The molecule has 0 saturated carbocycles. The minimum atomic E-state index is -0.0267. The summed E-state index contributed by atoms with van der Waals surface area (Å²) < 4.78 is 17.7. The van der Waals surface area contributed by atoms with Gasteiger partial charge >= 0.3 is 0 Å². The van der Waals surface area contributed by atoms with Gasteiger partial charge in [-0.05, 0) is 90.7 Å². The third-order valence-corrected chi connectivity index (χ3v) is 9.62. The molecule has 1 aliphatic rings. The summed E-state index contributed by atoms with van der Waals surface area (Å²) in [6.07, 6.45) is 5.78. The van der Waals surface area contributed by atoms with Crippen LogP contribution in [0.4, 0.5) is 0 Å². The number of Topliss-reactive ketones (excluding diaryl/α,β-unsaturated/α-hetero) is 1. The van der Waals surface area contributed by atoms with Crippen LogP contribution in [0.2, 0.25) is 10.0 Å². The molecule has 1 saturated heterocycles. The molecule has 5 aromatic rings. The lowest BCUT2D eigenvalue weighted by Crippen LogP contribution is -2.47. The number of ketones is 1. The molecule has 4 aromatic carbocycles. The fourth-order valence-corrected chi connectivity index (χ4v) is 6.42. The highest BCUT2D eigenvalue weighted by atomic mass is 79.9. The number of rotatable bonds is 14. The Hall–Kier alpha value is -4.67. The highest BCUT2D eigenvalue weighted by Crippen LogP contribution is 2.34. The van der Waals surface area contributed by atoms with Crippen LogP contribution in [0, 0.1) is 6.92 Å². The molecule has 1 aromatic heterocycles. The maximum atomic E-state index is 13.1. The number of ether oxygens (including phenoxy) is 3. The Morgan fingerprint density at radius 3 is 2.19 bits per heavy atom. The lowest BCUT2D eigenvalue weighted by atomic mass is 10.1. The third kappa shape index (κ3) is 11.4. The van der Waals surface area contributed by atoms with Crippen LogP contribution in [0.5, 0.6) is 23.1 Å². The molecule has 1 amide bonds. The average Bonchev–Trinajstić information content (AvgIpc) is 3.16. The number of pyridine rings is 1. The number of piperazine rings is 1. The standard InChI is InChI=1S/C43H41Cl2N3O5.BrH/c1-30-25-34(26-40(45)43(30)53-41-17-16-38(27-46-41)52-29-36-5-3-4-6-39(36)44)11-18-42(50)48-22-20-47(21-23-48)28-33-9-7-32(8-10-33)19-24-51-37-14-12-35(13-15-37)31(2)49;/h3-18,25-27H,19-24,28-29H2,1-2H3;1H/b18-11+;. The molecule has 0 unspecified atom stereocenters. The van der Waals surface area contributed by atoms with Crippen LogP contribution in [0.15, 0.2) is 109 Å². The van der Waals surface area contributed by atoms with E-state index in [1.807, 2.05) is 54.3 Å². The Morgan fingerprint density at radius 2 is 1.52 bits per heavy atom. The van der Waals surface area contributed by atoms with E-state index in [-0.39, 0.29) is 28.7 Å². The average molecular weight is 832 g/mol. The van der Waals surface area contributed by atoms with Crippen LogP contribution in [-0.2, 0) is 24.4 Å². The van der Waals surface area contributed by atoms with Gasteiger partial charge in [-0.25, -0.2) is 4.98 Å². The maximum Gasteiger partial charge on any atom is 0.246 e. The summed E-state index contributed by atoms with van der Waals surface area (Å²) >= 11 is 12.8. The minimum Gasteiger partial charge on any atom is -0.493 e.